The summed E-state index contributed by atoms with van der Waals surface area (Å²) in [7, 11) is 0. The van der Waals surface area contributed by atoms with Gasteiger partial charge in [0.25, 0.3) is 0 Å². The Balaban J connectivity index is 2.79. The van der Waals surface area contributed by atoms with Crippen LogP contribution in [0, 0.1) is 0 Å². The molecule has 0 unspecified atom stereocenters. The van der Waals surface area contributed by atoms with Crippen LogP contribution < -0.4 is 0 Å². The summed E-state index contributed by atoms with van der Waals surface area (Å²) < 4.78 is 18.3. The van der Waals surface area contributed by atoms with Crippen LogP contribution in [-0.4, -0.2) is 40.8 Å². The molecule has 2 N–H and O–H groups in total. The van der Waals surface area contributed by atoms with E-state index in [4.69, 9.17) is 9.84 Å². The van der Waals surface area contributed by atoms with Gasteiger partial charge in [0.05, 0.1) is 12.7 Å². The maximum atomic E-state index is 13.1. The van der Waals surface area contributed by atoms with Gasteiger partial charge in [0.1, 0.15) is 11.7 Å². The van der Waals surface area contributed by atoms with Gasteiger partial charge in [-0.2, -0.15) is 0 Å². The summed E-state index contributed by atoms with van der Waals surface area (Å²) in [6.45, 7) is 2.97. The number of hydrogen-bond acceptors (Lipinski definition) is 3. The van der Waals surface area contributed by atoms with E-state index < -0.39 is 24.0 Å². The Bertz CT molecular complexity index is 158. The summed E-state index contributed by atoms with van der Waals surface area (Å²) in [6, 6.07) is 0. The molecule has 0 radical (unpaired) electrons. The average Bonchev–Trinajstić information content (AvgIpc) is 2.30. The zero-order valence-corrected chi connectivity index (χ0v) is 7.33. The molecular weight excluding hydrogens is 163 g/mol. The topological polar surface area (TPSA) is 49.7 Å². The fourth-order valence-corrected chi connectivity index (χ4v) is 1.59. The van der Waals surface area contributed by atoms with Crippen molar-refractivity contribution < 1.29 is 19.3 Å². The van der Waals surface area contributed by atoms with Crippen molar-refractivity contribution in [1.29, 1.82) is 0 Å². The summed E-state index contributed by atoms with van der Waals surface area (Å²) >= 11 is 0. The van der Waals surface area contributed by atoms with E-state index in [-0.39, 0.29) is 6.61 Å². The van der Waals surface area contributed by atoms with Crippen molar-refractivity contribution in [1.82, 2.24) is 0 Å². The van der Waals surface area contributed by atoms with E-state index >= 15 is 0 Å². The quantitative estimate of drug-likeness (QED) is 0.637. The minimum Gasteiger partial charge on any atom is -0.393 e. The van der Waals surface area contributed by atoms with Crippen molar-refractivity contribution >= 4 is 0 Å². The standard InChI is InChI=1S/C8H15FO3/c1-3-8(4-10)7(11)6(9)5(2)12-8/h5-7,10-11H,3-4H2,1-2H3/t5-,6-,7-,8+/m0/s1. The molecule has 3 nitrogen and oxygen atoms in total. The van der Waals surface area contributed by atoms with Gasteiger partial charge < -0.3 is 14.9 Å². The molecule has 1 saturated heterocycles. The second-order valence-corrected chi connectivity index (χ2v) is 3.29. The first kappa shape index (κ1) is 9.89. The highest BCUT2D eigenvalue weighted by atomic mass is 19.1. The van der Waals surface area contributed by atoms with Gasteiger partial charge in [-0.1, -0.05) is 6.92 Å². The molecule has 1 heterocycles. The third-order valence-corrected chi connectivity index (χ3v) is 2.58. The molecule has 12 heavy (non-hydrogen) atoms. The van der Waals surface area contributed by atoms with Crippen LogP contribution in [0.4, 0.5) is 4.39 Å². The Labute approximate surface area is 71.2 Å². The summed E-state index contributed by atoms with van der Waals surface area (Å²) in [5, 5.41) is 18.4. The van der Waals surface area contributed by atoms with Gasteiger partial charge in [0, 0.05) is 0 Å². The van der Waals surface area contributed by atoms with Gasteiger partial charge in [0.15, 0.2) is 6.17 Å². The van der Waals surface area contributed by atoms with Crippen molar-refractivity contribution in [2.45, 2.75) is 44.2 Å². The van der Waals surface area contributed by atoms with Gasteiger partial charge >= 0.3 is 0 Å². The second kappa shape index (κ2) is 3.28. The molecule has 1 rings (SSSR count). The monoisotopic (exact) mass is 178 g/mol. The lowest BCUT2D eigenvalue weighted by Crippen LogP contribution is -2.44. The Morgan fingerprint density at radius 1 is 1.58 bits per heavy atom. The van der Waals surface area contributed by atoms with E-state index in [0.29, 0.717) is 6.42 Å². The van der Waals surface area contributed by atoms with Crippen molar-refractivity contribution in [3.05, 3.63) is 0 Å². The molecule has 0 aromatic rings. The third kappa shape index (κ3) is 1.24. The van der Waals surface area contributed by atoms with Crippen LogP contribution in [0.3, 0.4) is 0 Å². The fraction of sp³-hybridized carbons (Fsp3) is 1.00. The highest BCUT2D eigenvalue weighted by Gasteiger charge is 2.52. The summed E-state index contributed by atoms with van der Waals surface area (Å²) in [5.41, 5.74) is -1.08. The van der Waals surface area contributed by atoms with E-state index in [0.717, 1.165) is 0 Å². The molecule has 1 aliphatic rings. The molecule has 72 valence electrons. The second-order valence-electron chi connectivity index (χ2n) is 3.29. The average molecular weight is 178 g/mol. The highest BCUT2D eigenvalue weighted by Crippen LogP contribution is 2.35. The molecular formula is C8H15FO3. The Kier molecular flexibility index (Phi) is 2.70. The number of ether oxygens (including phenoxy) is 1. The molecule has 0 aromatic heterocycles. The minimum absolute atomic E-state index is 0.338. The van der Waals surface area contributed by atoms with Gasteiger partial charge in [0.2, 0.25) is 0 Å². The van der Waals surface area contributed by atoms with E-state index in [9.17, 15) is 9.50 Å². The van der Waals surface area contributed by atoms with Crippen molar-refractivity contribution in [3.8, 4) is 0 Å². The summed E-state index contributed by atoms with van der Waals surface area (Å²) in [4.78, 5) is 0. The number of hydrogen-bond donors (Lipinski definition) is 2. The lowest BCUT2D eigenvalue weighted by Gasteiger charge is -2.28. The first-order valence-electron chi connectivity index (χ1n) is 4.18. The van der Waals surface area contributed by atoms with Crippen molar-refractivity contribution in [2.24, 2.45) is 0 Å². The lowest BCUT2D eigenvalue weighted by atomic mass is 9.93. The minimum atomic E-state index is -1.39. The van der Waals surface area contributed by atoms with Crippen molar-refractivity contribution in [3.63, 3.8) is 0 Å². The number of halogens is 1. The molecule has 4 heteroatoms. The smallest absolute Gasteiger partial charge is 0.155 e. The van der Waals surface area contributed by atoms with Crippen LogP contribution in [-0.2, 0) is 4.74 Å². The van der Waals surface area contributed by atoms with Crippen LogP contribution in [0.1, 0.15) is 20.3 Å². The van der Waals surface area contributed by atoms with Crippen LogP contribution in [0.25, 0.3) is 0 Å². The van der Waals surface area contributed by atoms with Gasteiger partial charge in [-0.25, -0.2) is 4.39 Å². The fourth-order valence-electron chi connectivity index (χ4n) is 1.59. The molecule has 0 aliphatic carbocycles. The molecule has 0 bridgehead atoms. The maximum absolute atomic E-state index is 13.1. The zero-order chi connectivity index (χ0) is 9.35. The van der Waals surface area contributed by atoms with E-state index in [1.54, 1.807) is 13.8 Å². The van der Waals surface area contributed by atoms with Gasteiger partial charge in [-0.3, -0.25) is 0 Å². The Morgan fingerprint density at radius 3 is 2.33 bits per heavy atom. The van der Waals surface area contributed by atoms with Crippen LogP contribution in [0.2, 0.25) is 0 Å². The third-order valence-electron chi connectivity index (χ3n) is 2.58. The van der Waals surface area contributed by atoms with E-state index in [1.165, 1.54) is 0 Å². The summed E-state index contributed by atoms with van der Waals surface area (Å²) in [5.74, 6) is 0. The van der Waals surface area contributed by atoms with Gasteiger partial charge in [-0.15, -0.1) is 0 Å². The summed E-state index contributed by atoms with van der Waals surface area (Å²) in [6.07, 6.45) is -2.82. The first-order valence-corrected chi connectivity index (χ1v) is 4.18. The zero-order valence-electron chi connectivity index (χ0n) is 7.33. The van der Waals surface area contributed by atoms with Gasteiger partial charge in [-0.05, 0) is 13.3 Å². The van der Waals surface area contributed by atoms with E-state index in [2.05, 4.69) is 0 Å². The highest BCUT2D eigenvalue weighted by molar-refractivity contribution is 5.00. The molecule has 0 spiro atoms. The first-order chi connectivity index (χ1) is 5.57. The van der Waals surface area contributed by atoms with Crippen LogP contribution in [0.5, 0.6) is 0 Å². The Hall–Kier alpha value is -0.190. The molecule has 0 amide bonds. The molecule has 0 saturated carbocycles. The predicted octanol–water partition coefficient (Wildman–Crippen LogP) is 0.245. The number of rotatable bonds is 2. The lowest BCUT2D eigenvalue weighted by molar-refractivity contribution is -0.109. The Morgan fingerprint density at radius 2 is 2.17 bits per heavy atom. The van der Waals surface area contributed by atoms with Crippen LogP contribution >= 0.6 is 0 Å². The maximum Gasteiger partial charge on any atom is 0.155 e. The molecule has 1 aliphatic heterocycles. The number of aliphatic hydroxyl groups is 2. The molecule has 0 aromatic carbocycles. The molecule has 4 atom stereocenters. The van der Waals surface area contributed by atoms with Crippen LogP contribution in [0.15, 0.2) is 0 Å². The number of aliphatic hydroxyl groups excluding tert-OH is 2. The molecule has 1 fully saturated rings. The predicted molar refractivity (Wildman–Crippen MR) is 41.6 cm³/mol. The SMILES string of the molecule is CC[C@]1(CO)O[C@@H](C)[C@H](F)[C@@H]1O. The van der Waals surface area contributed by atoms with Crippen molar-refractivity contribution in [2.75, 3.05) is 6.61 Å². The largest absolute Gasteiger partial charge is 0.393 e. The number of alkyl halides is 1. The van der Waals surface area contributed by atoms with E-state index in [1.807, 2.05) is 0 Å². The normalized spacial score (nSPS) is 48.2.